The Hall–Kier alpha value is -4.92. The van der Waals surface area contributed by atoms with E-state index in [1.807, 2.05) is 24.3 Å². The molecule has 12 heteroatoms. The van der Waals surface area contributed by atoms with Gasteiger partial charge < -0.3 is 14.7 Å². The van der Waals surface area contributed by atoms with E-state index in [-0.39, 0.29) is 18.7 Å². The normalized spacial score (nSPS) is 24.1. The predicted molar refractivity (Wildman–Crippen MR) is 210 cm³/mol. The van der Waals surface area contributed by atoms with Crippen LogP contribution in [0.2, 0.25) is 5.02 Å². The molecule has 6 heterocycles. The fourth-order valence-electron chi connectivity index (χ4n) is 10.2. The summed E-state index contributed by atoms with van der Waals surface area (Å²) in [7, 11) is 0. The largest absolute Gasteiger partial charge is 0.371 e. The van der Waals surface area contributed by atoms with Gasteiger partial charge in [0.05, 0.1) is 21.7 Å². The molecule has 0 radical (unpaired) electrons. The van der Waals surface area contributed by atoms with Crippen LogP contribution in [0.4, 0.5) is 17.1 Å². The molecule has 4 amide bonds. The van der Waals surface area contributed by atoms with Crippen LogP contribution in [0.5, 0.6) is 0 Å². The Balaban J connectivity index is 0.767. The Kier molecular flexibility index (Phi) is 9.09. The number of halogens is 1. The molecule has 1 spiro atoms. The third kappa shape index (κ3) is 6.53. The Labute approximate surface area is 326 Å². The second-order valence-corrected chi connectivity index (χ2v) is 17.1. The van der Waals surface area contributed by atoms with Crippen LogP contribution in [0.1, 0.15) is 89.3 Å². The van der Waals surface area contributed by atoms with Crippen molar-refractivity contribution in [3.8, 4) is 6.07 Å². The minimum Gasteiger partial charge on any atom is -0.371 e. The number of imide groups is 2. The van der Waals surface area contributed by atoms with Crippen molar-refractivity contribution in [1.82, 2.24) is 15.1 Å². The number of rotatable bonds is 6. The van der Waals surface area contributed by atoms with Gasteiger partial charge in [-0.2, -0.15) is 5.26 Å². The predicted octanol–water partition coefficient (Wildman–Crippen LogP) is 5.73. The van der Waals surface area contributed by atoms with Gasteiger partial charge in [0.1, 0.15) is 12.1 Å². The highest BCUT2D eigenvalue weighted by molar-refractivity contribution is 6.32. The summed E-state index contributed by atoms with van der Waals surface area (Å²) < 4.78 is 0. The average Bonchev–Trinajstić information content (AvgIpc) is 3.82. The number of benzene rings is 3. The van der Waals surface area contributed by atoms with Gasteiger partial charge in [-0.15, -0.1) is 0 Å². The smallest absolute Gasteiger partial charge is 0.262 e. The van der Waals surface area contributed by atoms with Crippen molar-refractivity contribution in [3.63, 3.8) is 0 Å². The van der Waals surface area contributed by atoms with Gasteiger partial charge in [0.25, 0.3) is 11.8 Å². The molecule has 284 valence electrons. The number of nitriles is 1. The van der Waals surface area contributed by atoms with E-state index in [0.717, 1.165) is 81.5 Å². The van der Waals surface area contributed by atoms with E-state index in [2.05, 4.69) is 56.1 Å². The number of hydrogen-bond acceptors (Lipinski definition) is 9. The summed E-state index contributed by atoms with van der Waals surface area (Å²) in [5.41, 5.74) is 7.71. The van der Waals surface area contributed by atoms with Gasteiger partial charge in [-0.25, -0.2) is 0 Å². The fraction of sp³-hybridized carbons (Fsp3) is 0.465. The Morgan fingerprint density at radius 1 is 0.818 bits per heavy atom. The molecule has 4 fully saturated rings. The Bertz CT molecular complexity index is 2130. The lowest BCUT2D eigenvalue weighted by Gasteiger charge is -2.40. The SMILES string of the molecule is C[C@H]1CC2(CCN(c3ccc4c(c3)CN(CC3CCN(c5ccc6c(c5)C(=O)N(C5CCC(=O)NC5=O)C6=O)CC3)C4)CC2)CN1c1ccc(C#N)c(Cl)c1. The molecular formula is C43H46ClN7O4. The van der Waals surface area contributed by atoms with Crippen LogP contribution in [0, 0.1) is 22.7 Å². The first kappa shape index (κ1) is 35.8. The van der Waals surface area contributed by atoms with Gasteiger partial charge in [-0.3, -0.25) is 34.3 Å². The summed E-state index contributed by atoms with van der Waals surface area (Å²) in [5, 5.41) is 12.1. The van der Waals surface area contributed by atoms with Crippen molar-refractivity contribution in [2.24, 2.45) is 11.3 Å². The Morgan fingerprint density at radius 3 is 2.25 bits per heavy atom. The molecule has 55 heavy (non-hydrogen) atoms. The van der Waals surface area contributed by atoms with Crippen molar-refractivity contribution >= 4 is 52.3 Å². The monoisotopic (exact) mass is 759 g/mol. The average molecular weight is 760 g/mol. The van der Waals surface area contributed by atoms with E-state index in [0.29, 0.717) is 39.1 Å². The van der Waals surface area contributed by atoms with Crippen LogP contribution in [0.25, 0.3) is 0 Å². The summed E-state index contributed by atoms with van der Waals surface area (Å²) in [6.07, 6.45) is 5.87. The molecule has 6 aliphatic rings. The number of amides is 4. The Morgan fingerprint density at radius 2 is 1.51 bits per heavy atom. The molecule has 3 aromatic rings. The number of carbonyl (C=O) groups excluding carboxylic acids is 4. The summed E-state index contributed by atoms with van der Waals surface area (Å²) >= 11 is 6.40. The molecule has 1 N–H and O–H groups in total. The summed E-state index contributed by atoms with van der Waals surface area (Å²) in [6.45, 7) is 10.2. The molecule has 0 aromatic heterocycles. The van der Waals surface area contributed by atoms with Gasteiger partial charge in [-0.1, -0.05) is 17.7 Å². The van der Waals surface area contributed by atoms with E-state index in [1.165, 1.54) is 36.1 Å². The highest BCUT2D eigenvalue weighted by Gasteiger charge is 2.46. The second kappa shape index (κ2) is 14.0. The minimum absolute atomic E-state index is 0.105. The number of carbonyl (C=O) groups is 4. The maximum Gasteiger partial charge on any atom is 0.262 e. The molecule has 0 aliphatic carbocycles. The standard InChI is InChI=1S/C43H46ClN7O4/c1-27-21-43(26-50(27)34-5-2-29(22-45)37(44)20-34)12-16-49(17-13-43)32-4-3-30-24-47(25-31(30)18-32)23-28-10-14-48(15-11-28)33-6-7-35-36(19-33)42(55)51(41(35)54)38-8-9-39(52)46-40(38)53/h2-7,18-20,27-28,38H,8-17,21,23-26H2,1H3,(H,46,52,53)/t27-,38?/m0/s1. The van der Waals surface area contributed by atoms with Crippen molar-refractivity contribution < 1.29 is 19.2 Å². The number of piperidine rings is 3. The van der Waals surface area contributed by atoms with Crippen LogP contribution in [-0.4, -0.2) is 84.8 Å². The number of hydrogen-bond donors (Lipinski definition) is 1. The van der Waals surface area contributed by atoms with Gasteiger partial charge in [0.2, 0.25) is 11.8 Å². The zero-order chi connectivity index (χ0) is 38.0. The molecule has 6 aliphatic heterocycles. The van der Waals surface area contributed by atoms with E-state index in [4.69, 9.17) is 11.6 Å². The van der Waals surface area contributed by atoms with Crippen LogP contribution in [0.15, 0.2) is 54.6 Å². The quantitative estimate of drug-likeness (QED) is 0.315. The number of nitrogens with one attached hydrogen (secondary N) is 1. The summed E-state index contributed by atoms with van der Waals surface area (Å²) in [5.74, 6) is -1.33. The third-order valence-corrected chi connectivity index (χ3v) is 13.6. The first-order chi connectivity index (χ1) is 26.6. The minimum atomic E-state index is -0.957. The maximum absolute atomic E-state index is 13.4. The van der Waals surface area contributed by atoms with Gasteiger partial charge in [-0.05, 0) is 116 Å². The molecule has 4 saturated heterocycles. The molecule has 2 atom stereocenters. The molecule has 0 bridgehead atoms. The first-order valence-corrected chi connectivity index (χ1v) is 20.1. The fourth-order valence-corrected chi connectivity index (χ4v) is 10.4. The van der Waals surface area contributed by atoms with E-state index < -0.39 is 23.8 Å². The molecule has 9 rings (SSSR count). The molecule has 3 aromatic carbocycles. The zero-order valence-corrected chi connectivity index (χ0v) is 32.0. The van der Waals surface area contributed by atoms with Crippen molar-refractivity contribution in [2.45, 2.75) is 77.0 Å². The zero-order valence-electron chi connectivity index (χ0n) is 31.2. The number of anilines is 3. The topological polar surface area (TPSA) is 120 Å². The number of fused-ring (bicyclic) bond motifs is 2. The van der Waals surface area contributed by atoms with Gasteiger partial charge in [0, 0.05) is 81.9 Å². The lowest BCUT2D eigenvalue weighted by atomic mass is 9.76. The lowest BCUT2D eigenvalue weighted by molar-refractivity contribution is -0.136. The maximum atomic E-state index is 13.4. The first-order valence-electron chi connectivity index (χ1n) is 19.7. The third-order valence-electron chi connectivity index (χ3n) is 13.3. The molecule has 11 nitrogen and oxygen atoms in total. The van der Waals surface area contributed by atoms with Crippen LogP contribution in [-0.2, 0) is 22.7 Å². The molecular weight excluding hydrogens is 714 g/mol. The van der Waals surface area contributed by atoms with Crippen LogP contribution >= 0.6 is 11.6 Å². The second-order valence-electron chi connectivity index (χ2n) is 16.7. The molecule has 0 saturated carbocycles. The van der Waals surface area contributed by atoms with Crippen LogP contribution in [0.3, 0.4) is 0 Å². The lowest BCUT2D eigenvalue weighted by Crippen LogP contribution is -2.54. The van der Waals surface area contributed by atoms with Crippen molar-refractivity contribution in [1.29, 1.82) is 5.26 Å². The molecule has 1 unspecified atom stereocenters. The van der Waals surface area contributed by atoms with Gasteiger partial charge in [0.15, 0.2) is 0 Å². The number of nitrogens with zero attached hydrogens (tertiary/aromatic N) is 6. The summed E-state index contributed by atoms with van der Waals surface area (Å²) in [6, 6.07) is 20.0. The van der Waals surface area contributed by atoms with Crippen LogP contribution < -0.4 is 20.0 Å². The highest BCUT2D eigenvalue weighted by Crippen LogP contribution is 2.46. The van der Waals surface area contributed by atoms with Crippen molar-refractivity contribution in [3.05, 3.63) is 87.4 Å². The van der Waals surface area contributed by atoms with E-state index >= 15 is 0 Å². The van der Waals surface area contributed by atoms with E-state index in [1.54, 1.807) is 12.1 Å². The highest BCUT2D eigenvalue weighted by atomic mass is 35.5. The van der Waals surface area contributed by atoms with E-state index in [9.17, 15) is 24.4 Å². The van der Waals surface area contributed by atoms with Crippen molar-refractivity contribution in [2.75, 3.05) is 54.0 Å². The summed E-state index contributed by atoms with van der Waals surface area (Å²) in [4.78, 5) is 61.6. The van der Waals surface area contributed by atoms with Gasteiger partial charge >= 0.3 is 0 Å².